The lowest BCUT2D eigenvalue weighted by atomic mass is 10.2. The van der Waals surface area contributed by atoms with Crippen molar-refractivity contribution in [2.24, 2.45) is 0 Å². The molecule has 0 bridgehead atoms. The monoisotopic (exact) mass is 392 g/mol. The second-order valence-electron chi connectivity index (χ2n) is 5.80. The minimum atomic E-state index is -3.49. The van der Waals surface area contributed by atoms with Gasteiger partial charge in [0.15, 0.2) is 0 Å². The van der Waals surface area contributed by atoms with E-state index >= 15 is 0 Å². The van der Waals surface area contributed by atoms with Crippen molar-refractivity contribution in [3.63, 3.8) is 0 Å². The van der Waals surface area contributed by atoms with Crippen molar-refractivity contribution in [1.82, 2.24) is 4.72 Å². The molecule has 0 aliphatic heterocycles. The Morgan fingerprint density at radius 3 is 2.38 bits per heavy atom. The molecule has 140 valence electrons. The number of nitrogens with one attached hydrogen (secondary N) is 2. The third-order valence-corrected chi connectivity index (χ3v) is 6.10. The molecule has 0 spiro atoms. The third kappa shape index (κ3) is 6.82. The summed E-state index contributed by atoms with van der Waals surface area (Å²) in [7, 11) is -3.49. The van der Waals surface area contributed by atoms with E-state index in [9.17, 15) is 13.2 Å². The maximum absolute atomic E-state index is 12.1. The molecule has 0 fully saturated rings. The largest absolute Gasteiger partial charge is 0.325 e. The number of rotatable bonds is 10. The highest BCUT2D eigenvalue weighted by molar-refractivity contribution is 7.99. The molecule has 1 amide bonds. The van der Waals surface area contributed by atoms with Crippen LogP contribution in [0.2, 0.25) is 0 Å². The van der Waals surface area contributed by atoms with Crippen molar-refractivity contribution in [1.29, 1.82) is 0 Å². The number of amides is 1. The maximum Gasteiger partial charge on any atom is 0.240 e. The number of hydrogen-bond acceptors (Lipinski definition) is 4. The molecule has 0 atom stereocenters. The molecule has 0 unspecified atom stereocenters. The van der Waals surface area contributed by atoms with Crippen LogP contribution in [0.15, 0.2) is 59.5 Å². The SMILES string of the molecule is CCCCNS(=O)(=O)c1ccc(NC(=O)CSCc2ccccc2)cc1. The van der Waals surface area contributed by atoms with Gasteiger partial charge in [-0.15, -0.1) is 11.8 Å². The highest BCUT2D eigenvalue weighted by Crippen LogP contribution is 2.16. The van der Waals surface area contributed by atoms with Crippen molar-refractivity contribution in [2.75, 3.05) is 17.6 Å². The predicted octanol–water partition coefficient (Wildman–Crippen LogP) is 3.64. The molecule has 2 rings (SSSR count). The second-order valence-corrected chi connectivity index (χ2v) is 8.55. The molecule has 7 heteroatoms. The molecular formula is C19H24N2O3S2. The summed E-state index contributed by atoms with van der Waals surface area (Å²) < 4.78 is 26.8. The number of carbonyl (C=O) groups is 1. The van der Waals surface area contributed by atoms with Crippen LogP contribution in [0, 0.1) is 0 Å². The van der Waals surface area contributed by atoms with E-state index in [2.05, 4.69) is 10.0 Å². The van der Waals surface area contributed by atoms with Crippen molar-refractivity contribution < 1.29 is 13.2 Å². The molecular weight excluding hydrogens is 368 g/mol. The van der Waals surface area contributed by atoms with E-state index in [0.717, 1.165) is 18.6 Å². The lowest BCUT2D eigenvalue weighted by Crippen LogP contribution is -2.24. The smallest absolute Gasteiger partial charge is 0.240 e. The molecule has 0 saturated carbocycles. The van der Waals surface area contributed by atoms with Gasteiger partial charge in [0.25, 0.3) is 0 Å². The summed E-state index contributed by atoms with van der Waals surface area (Å²) in [5.74, 6) is 1.00. The standard InChI is InChI=1S/C19H24N2O3S2/c1-2-3-13-20-26(23,24)18-11-9-17(10-12-18)21-19(22)15-25-14-16-7-5-4-6-8-16/h4-12,20H,2-3,13-15H2,1H3,(H,21,22). The molecule has 2 aromatic rings. The van der Waals surface area contributed by atoms with Crippen LogP contribution in [0.3, 0.4) is 0 Å². The van der Waals surface area contributed by atoms with Crippen LogP contribution in [-0.2, 0) is 20.6 Å². The summed E-state index contributed by atoms with van der Waals surface area (Å²) in [4.78, 5) is 12.2. The van der Waals surface area contributed by atoms with E-state index in [1.807, 2.05) is 37.3 Å². The molecule has 0 aliphatic carbocycles. The Morgan fingerprint density at radius 1 is 1.04 bits per heavy atom. The zero-order chi connectivity index (χ0) is 18.8. The molecule has 26 heavy (non-hydrogen) atoms. The van der Waals surface area contributed by atoms with Gasteiger partial charge >= 0.3 is 0 Å². The van der Waals surface area contributed by atoms with Crippen LogP contribution < -0.4 is 10.0 Å². The van der Waals surface area contributed by atoms with Crippen LogP contribution in [0.5, 0.6) is 0 Å². The van der Waals surface area contributed by atoms with Crippen molar-refractivity contribution in [3.05, 3.63) is 60.2 Å². The number of unbranched alkanes of at least 4 members (excludes halogenated alkanes) is 1. The first kappa shape index (κ1) is 20.5. The van der Waals surface area contributed by atoms with E-state index in [1.165, 1.54) is 29.5 Å². The fourth-order valence-corrected chi connectivity index (χ4v) is 4.08. The van der Waals surface area contributed by atoms with Crippen LogP contribution in [0.4, 0.5) is 5.69 Å². The van der Waals surface area contributed by atoms with Gasteiger partial charge in [-0.3, -0.25) is 4.79 Å². The topological polar surface area (TPSA) is 75.3 Å². The lowest BCUT2D eigenvalue weighted by Gasteiger charge is -2.08. The van der Waals surface area contributed by atoms with Crippen LogP contribution in [0.25, 0.3) is 0 Å². The minimum Gasteiger partial charge on any atom is -0.325 e. The number of carbonyl (C=O) groups excluding carboxylic acids is 1. The molecule has 2 aromatic carbocycles. The fraction of sp³-hybridized carbons (Fsp3) is 0.316. The summed E-state index contributed by atoms with van der Waals surface area (Å²) in [5.41, 5.74) is 1.76. The first-order valence-electron chi connectivity index (χ1n) is 8.52. The zero-order valence-electron chi connectivity index (χ0n) is 14.8. The summed E-state index contributed by atoms with van der Waals surface area (Å²) in [5, 5.41) is 2.78. The summed E-state index contributed by atoms with van der Waals surface area (Å²) in [6.07, 6.45) is 1.73. The highest BCUT2D eigenvalue weighted by atomic mass is 32.2. The molecule has 0 heterocycles. The van der Waals surface area contributed by atoms with Gasteiger partial charge in [0, 0.05) is 18.0 Å². The third-order valence-electron chi connectivity index (χ3n) is 3.62. The summed E-state index contributed by atoms with van der Waals surface area (Å²) in [6.45, 7) is 2.43. The average molecular weight is 393 g/mol. The maximum atomic E-state index is 12.1. The Morgan fingerprint density at radius 2 is 1.73 bits per heavy atom. The van der Waals surface area contributed by atoms with Gasteiger partial charge < -0.3 is 5.32 Å². The van der Waals surface area contributed by atoms with Gasteiger partial charge in [0.1, 0.15) is 0 Å². The van der Waals surface area contributed by atoms with Gasteiger partial charge in [0.05, 0.1) is 10.6 Å². The van der Waals surface area contributed by atoms with Crippen molar-refractivity contribution in [2.45, 2.75) is 30.4 Å². The minimum absolute atomic E-state index is 0.109. The van der Waals surface area contributed by atoms with Crippen molar-refractivity contribution in [3.8, 4) is 0 Å². The summed E-state index contributed by atoms with van der Waals surface area (Å²) >= 11 is 1.53. The normalized spacial score (nSPS) is 11.3. The molecule has 2 N–H and O–H groups in total. The number of benzene rings is 2. The number of sulfonamides is 1. The quantitative estimate of drug-likeness (QED) is 0.606. The Balaban J connectivity index is 1.81. The van der Waals surface area contributed by atoms with E-state index < -0.39 is 10.0 Å². The first-order chi connectivity index (χ1) is 12.5. The van der Waals surface area contributed by atoms with Gasteiger partial charge in [-0.05, 0) is 36.2 Å². The van der Waals surface area contributed by atoms with Gasteiger partial charge in [-0.1, -0.05) is 43.7 Å². The number of anilines is 1. The molecule has 0 saturated heterocycles. The van der Waals surface area contributed by atoms with Gasteiger partial charge in [-0.25, -0.2) is 13.1 Å². The van der Waals surface area contributed by atoms with E-state index in [1.54, 1.807) is 12.1 Å². The van der Waals surface area contributed by atoms with Gasteiger partial charge in [0.2, 0.25) is 15.9 Å². The first-order valence-corrected chi connectivity index (χ1v) is 11.2. The molecule has 0 aliphatic rings. The average Bonchev–Trinajstić information content (AvgIpc) is 2.63. The van der Waals surface area contributed by atoms with Crippen LogP contribution >= 0.6 is 11.8 Å². The Kier molecular flexibility index (Phi) is 8.15. The zero-order valence-corrected chi connectivity index (χ0v) is 16.4. The molecule has 0 aromatic heterocycles. The van der Waals surface area contributed by atoms with E-state index in [0.29, 0.717) is 18.0 Å². The number of hydrogen-bond donors (Lipinski definition) is 2. The number of thioether (sulfide) groups is 1. The molecule has 0 radical (unpaired) electrons. The predicted molar refractivity (Wildman–Crippen MR) is 108 cm³/mol. The Labute approximate surface area is 159 Å². The summed E-state index contributed by atoms with van der Waals surface area (Å²) in [6, 6.07) is 16.2. The molecule has 5 nitrogen and oxygen atoms in total. The van der Waals surface area contributed by atoms with Crippen molar-refractivity contribution >= 4 is 33.4 Å². The Hall–Kier alpha value is -1.83. The Bertz CT molecular complexity index is 791. The van der Waals surface area contributed by atoms with Crippen LogP contribution in [0.1, 0.15) is 25.3 Å². The fourth-order valence-electron chi connectivity index (χ4n) is 2.22. The van der Waals surface area contributed by atoms with Gasteiger partial charge in [-0.2, -0.15) is 0 Å². The second kappa shape index (κ2) is 10.4. The van der Waals surface area contributed by atoms with E-state index in [-0.39, 0.29) is 10.8 Å². The highest BCUT2D eigenvalue weighted by Gasteiger charge is 2.13. The van der Waals surface area contributed by atoms with E-state index in [4.69, 9.17) is 0 Å². The lowest BCUT2D eigenvalue weighted by molar-refractivity contribution is -0.113. The van der Waals surface area contributed by atoms with Crippen LogP contribution in [-0.4, -0.2) is 26.6 Å².